The van der Waals surface area contributed by atoms with Gasteiger partial charge in [-0.1, -0.05) is 24.3 Å². The molecule has 1 saturated heterocycles. The molecule has 1 aliphatic rings. The Labute approximate surface area is 159 Å². The van der Waals surface area contributed by atoms with E-state index in [0.29, 0.717) is 17.0 Å². The fraction of sp³-hybridized carbons (Fsp3) is 0.105. The molecule has 0 atom stereocenters. The summed E-state index contributed by atoms with van der Waals surface area (Å²) in [6, 6.07) is 13.1. The Morgan fingerprint density at radius 1 is 1.22 bits per heavy atom. The molecule has 0 spiro atoms. The first-order valence-corrected chi connectivity index (χ1v) is 8.77. The monoisotopic (exact) mass is 384 g/mol. The molecule has 3 amide bonds. The number of rotatable bonds is 5. The summed E-state index contributed by atoms with van der Waals surface area (Å²) in [7, 11) is 1.48. The van der Waals surface area contributed by atoms with Crippen LogP contribution in [0.4, 0.5) is 10.5 Å². The number of anilines is 1. The minimum absolute atomic E-state index is 0.0548. The number of nitrogens with zero attached hydrogens (tertiary/aromatic N) is 1. The first-order valence-electron chi connectivity index (χ1n) is 7.95. The number of carbonyl (C=O) groups is 3. The number of phenolic OH excluding ortho intramolecular Hbond substituents is 1. The van der Waals surface area contributed by atoms with Crippen LogP contribution >= 0.6 is 11.8 Å². The second kappa shape index (κ2) is 7.96. The highest BCUT2D eigenvalue weighted by Gasteiger charge is 2.36. The van der Waals surface area contributed by atoms with E-state index in [4.69, 9.17) is 4.74 Å². The molecule has 0 unspecified atom stereocenters. The van der Waals surface area contributed by atoms with Crippen LogP contribution < -0.4 is 10.1 Å². The number of nitrogens with one attached hydrogen (secondary N) is 1. The minimum Gasteiger partial charge on any atom is -0.508 e. The highest BCUT2D eigenvalue weighted by molar-refractivity contribution is 8.18. The first-order chi connectivity index (χ1) is 13.0. The molecule has 2 aromatic carbocycles. The van der Waals surface area contributed by atoms with E-state index in [1.165, 1.54) is 25.3 Å². The summed E-state index contributed by atoms with van der Waals surface area (Å²) in [5, 5.41) is 11.6. The zero-order chi connectivity index (χ0) is 19.4. The van der Waals surface area contributed by atoms with Gasteiger partial charge < -0.3 is 15.2 Å². The van der Waals surface area contributed by atoms with Gasteiger partial charge in [-0.05, 0) is 47.7 Å². The molecule has 8 heteroatoms. The number of para-hydroxylation sites is 2. The van der Waals surface area contributed by atoms with Crippen LogP contribution in [-0.4, -0.2) is 40.7 Å². The summed E-state index contributed by atoms with van der Waals surface area (Å²) in [6.07, 6.45) is 1.50. The maximum atomic E-state index is 12.5. The predicted octanol–water partition coefficient (Wildman–Crippen LogP) is 3.08. The lowest BCUT2D eigenvalue weighted by Gasteiger charge is -2.14. The molecule has 1 heterocycles. The number of phenols is 1. The van der Waals surface area contributed by atoms with Crippen molar-refractivity contribution in [2.24, 2.45) is 0 Å². The van der Waals surface area contributed by atoms with Gasteiger partial charge in [0.2, 0.25) is 5.91 Å². The van der Waals surface area contributed by atoms with Gasteiger partial charge in [0.25, 0.3) is 11.1 Å². The highest BCUT2D eigenvalue weighted by Crippen LogP contribution is 2.32. The van der Waals surface area contributed by atoms with Crippen molar-refractivity contribution in [3.8, 4) is 11.5 Å². The molecule has 0 saturated carbocycles. The zero-order valence-electron chi connectivity index (χ0n) is 14.3. The third-order valence-electron chi connectivity index (χ3n) is 3.72. The Morgan fingerprint density at radius 2 is 2.00 bits per heavy atom. The predicted molar refractivity (Wildman–Crippen MR) is 102 cm³/mol. The third-order valence-corrected chi connectivity index (χ3v) is 4.63. The maximum Gasteiger partial charge on any atom is 0.294 e. The van der Waals surface area contributed by atoms with Crippen LogP contribution in [0.25, 0.3) is 6.08 Å². The van der Waals surface area contributed by atoms with Crippen LogP contribution in [-0.2, 0) is 9.59 Å². The number of amides is 3. The van der Waals surface area contributed by atoms with Gasteiger partial charge in [-0.2, -0.15) is 0 Å². The highest BCUT2D eigenvalue weighted by atomic mass is 32.2. The molecule has 7 nitrogen and oxygen atoms in total. The fourth-order valence-electron chi connectivity index (χ4n) is 2.48. The number of hydrogen-bond donors (Lipinski definition) is 2. The number of benzene rings is 2. The average Bonchev–Trinajstić information content (AvgIpc) is 2.89. The topological polar surface area (TPSA) is 95.9 Å². The summed E-state index contributed by atoms with van der Waals surface area (Å²) < 4.78 is 5.16. The Hall–Kier alpha value is -3.26. The van der Waals surface area contributed by atoms with Crippen LogP contribution in [0.5, 0.6) is 11.5 Å². The third kappa shape index (κ3) is 4.29. The maximum absolute atomic E-state index is 12.5. The Kier molecular flexibility index (Phi) is 5.46. The summed E-state index contributed by atoms with van der Waals surface area (Å²) in [4.78, 5) is 37.9. The SMILES string of the molecule is COc1ccccc1NC(=O)CN1C(=O)S/C(=C/c2cccc(O)c2)C1=O. The lowest BCUT2D eigenvalue weighted by Crippen LogP contribution is -2.36. The van der Waals surface area contributed by atoms with Crippen molar-refractivity contribution in [1.82, 2.24) is 4.90 Å². The molecule has 2 N–H and O–H groups in total. The van der Waals surface area contributed by atoms with Crippen LogP contribution in [0.15, 0.2) is 53.4 Å². The van der Waals surface area contributed by atoms with Gasteiger partial charge in [0, 0.05) is 0 Å². The second-order valence-electron chi connectivity index (χ2n) is 5.61. The largest absolute Gasteiger partial charge is 0.508 e. The molecule has 138 valence electrons. The average molecular weight is 384 g/mol. The van der Waals surface area contributed by atoms with Gasteiger partial charge in [0.1, 0.15) is 18.0 Å². The second-order valence-corrected chi connectivity index (χ2v) is 6.60. The van der Waals surface area contributed by atoms with E-state index in [1.807, 2.05) is 0 Å². The van der Waals surface area contributed by atoms with Gasteiger partial charge >= 0.3 is 0 Å². The Bertz CT molecular complexity index is 941. The van der Waals surface area contributed by atoms with Crippen molar-refractivity contribution in [3.05, 3.63) is 59.0 Å². The molecule has 0 bridgehead atoms. The number of methoxy groups -OCH3 is 1. The summed E-state index contributed by atoms with van der Waals surface area (Å²) in [5.41, 5.74) is 1.03. The van der Waals surface area contributed by atoms with Crippen molar-refractivity contribution < 1.29 is 24.2 Å². The van der Waals surface area contributed by atoms with Crippen LogP contribution in [0, 0.1) is 0 Å². The molecule has 3 rings (SSSR count). The van der Waals surface area contributed by atoms with Gasteiger partial charge in [-0.15, -0.1) is 0 Å². The molecule has 0 aromatic heterocycles. The van der Waals surface area contributed by atoms with Gasteiger partial charge in [0.15, 0.2) is 0 Å². The quantitative estimate of drug-likeness (QED) is 0.769. The van der Waals surface area contributed by atoms with E-state index in [2.05, 4.69) is 5.32 Å². The fourth-order valence-corrected chi connectivity index (χ4v) is 3.32. The molecule has 0 radical (unpaired) electrons. The first kappa shape index (κ1) is 18.5. The van der Waals surface area contributed by atoms with E-state index < -0.39 is 23.6 Å². The zero-order valence-corrected chi connectivity index (χ0v) is 15.2. The summed E-state index contributed by atoms with van der Waals surface area (Å²) in [5.74, 6) is -0.535. The van der Waals surface area contributed by atoms with Crippen LogP contribution in [0.1, 0.15) is 5.56 Å². The van der Waals surface area contributed by atoms with E-state index in [9.17, 15) is 19.5 Å². The Balaban J connectivity index is 1.71. The van der Waals surface area contributed by atoms with Crippen LogP contribution in [0.2, 0.25) is 0 Å². The molecule has 2 aromatic rings. The number of imide groups is 1. The van der Waals surface area contributed by atoms with E-state index in [0.717, 1.165) is 16.7 Å². The number of carbonyl (C=O) groups excluding carboxylic acids is 3. The normalized spacial score (nSPS) is 15.3. The van der Waals surface area contributed by atoms with Gasteiger partial charge in [-0.25, -0.2) is 0 Å². The molecule has 27 heavy (non-hydrogen) atoms. The number of hydrogen-bond acceptors (Lipinski definition) is 6. The molecule has 1 fully saturated rings. The molecule has 1 aliphatic heterocycles. The van der Waals surface area contributed by atoms with E-state index in [-0.39, 0.29) is 10.7 Å². The molecular formula is C19H16N2O5S. The van der Waals surface area contributed by atoms with Crippen LogP contribution in [0.3, 0.4) is 0 Å². The smallest absolute Gasteiger partial charge is 0.294 e. The molecular weight excluding hydrogens is 368 g/mol. The van der Waals surface area contributed by atoms with Crippen molar-refractivity contribution in [3.63, 3.8) is 0 Å². The molecule has 0 aliphatic carbocycles. The Morgan fingerprint density at radius 3 is 2.74 bits per heavy atom. The van der Waals surface area contributed by atoms with Crippen molar-refractivity contribution in [2.75, 3.05) is 19.0 Å². The van der Waals surface area contributed by atoms with E-state index >= 15 is 0 Å². The lowest BCUT2D eigenvalue weighted by molar-refractivity contribution is -0.127. The van der Waals surface area contributed by atoms with Crippen molar-refractivity contribution in [1.29, 1.82) is 0 Å². The van der Waals surface area contributed by atoms with E-state index in [1.54, 1.807) is 36.4 Å². The number of aromatic hydroxyl groups is 1. The number of thioether (sulfide) groups is 1. The summed E-state index contributed by atoms with van der Waals surface area (Å²) in [6.45, 7) is -0.403. The number of ether oxygens (including phenoxy) is 1. The minimum atomic E-state index is -0.552. The van der Waals surface area contributed by atoms with Gasteiger partial charge in [0.05, 0.1) is 17.7 Å². The van der Waals surface area contributed by atoms with Crippen molar-refractivity contribution in [2.45, 2.75) is 0 Å². The summed E-state index contributed by atoms with van der Waals surface area (Å²) >= 11 is 0.751. The lowest BCUT2D eigenvalue weighted by atomic mass is 10.2. The van der Waals surface area contributed by atoms with Gasteiger partial charge in [-0.3, -0.25) is 19.3 Å². The van der Waals surface area contributed by atoms with Crippen molar-refractivity contribution >= 4 is 40.6 Å². The standard InChI is InChI=1S/C19H16N2O5S/c1-26-15-8-3-2-7-14(15)20-17(23)11-21-18(24)16(27-19(21)25)10-12-5-4-6-13(22)9-12/h2-10,22H,11H2,1H3,(H,20,23)/b16-10+.